The van der Waals surface area contributed by atoms with Gasteiger partial charge in [0.05, 0.1) is 6.07 Å². The Bertz CT molecular complexity index is 210. The monoisotopic (exact) mass is 164 g/mol. The number of hydrogen-bond acceptors (Lipinski definition) is 2. The van der Waals surface area contributed by atoms with E-state index in [9.17, 15) is 0 Å². The van der Waals surface area contributed by atoms with Crippen LogP contribution in [0.25, 0.3) is 0 Å². The predicted molar refractivity (Wildman–Crippen MR) is 47.5 cm³/mol. The average molecular weight is 164 g/mol. The highest BCUT2D eigenvalue weighted by Gasteiger charge is 2.49. The van der Waals surface area contributed by atoms with Crippen LogP contribution in [0.15, 0.2) is 0 Å². The van der Waals surface area contributed by atoms with Gasteiger partial charge in [0.1, 0.15) is 0 Å². The molecule has 1 aliphatic carbocycles. The first-order valence-corrected chi connectivity index (χ1v) is 4.87. The molecule has 0 aromatic carbocycles. The molecule has 2 heterocycles. The van der Waals surface area contributed by atoms with Gasteiger partial charge in [-0.2, -0.15) is 5.26 Å². The molecule has 3 aliphatic rings. The third-order valence-corrected chi connectivity index (χ3v) is 3.42. The van der Waals surface area contributed by atoms with Gasteiger partial charge < -0.3 is 4.90 Å². The summed E-state index contributed by atoms with van der Waals surface area (Å²) >= 11 is 0. The smallest absolute Gasteiger partial charge is 0.0628 e. The van der Waals surface area contributed by atoms with E-state index < -0.39 is 0 Å². The second kappa shape index (κ2) is 2.74. The molecule has 12 heavy (non-hydrogen) atoms. The quantitative estimate of drug-likeness (QED) is 0.620. The molecule has 2 heteroatoms. The third-order valence-electron chi connectivity index (χ3n) is 3.42. The summed E-state index contributed by atoms with van der Waals surface area (Å²) in [6, 6.07) is 2.33. The van der Waals surface area contributed by atoms with E-state index in [0.717, 1.165) is 18.9 Å². The van der Waals surface area contributed by atoms with Gasteiger partial charge in [0.2, 0.25) is 0 Å². The molecule has 2 saturated heterocycles. The van der Waals surface area contributed by atoms with Crippen LogP contribution in [-0.4, -0.2) is 24.5 Å². The van der Waals surface area contributed by atoms with Crippen LogP contribution in [-0.2, 0) is 0 Å². The summed E-state index contributed by atoms with van der Waals surface area (Å²) in [5.74, 6) is 0.909. The molecule has 0 N–H and O–H groups in total. The zero-order chi connectivity index (χ0) is 8.60. The molecule has 2 aliphatic heterocycles. The molecule has 1 saturated carbocycles. The van der Waals surface area contributed by atoms with Crippen LogP contribution in [0.4, 0.5) is 0 Å². The lowest BCUT2D eigenvalue weighted by atomic mass is 9.57. The highest BCUT2D eigenvalue weighted by Crippen LogP contribution is 2.52. The fraction of sp³-hybridized carbons (Fsp3) is 0.900. The fourth-order valence-electron chi connectivity index (χ4n) is 2.94. The molecule has 0 radical (unpaired) electrons. The maximum atomic E-state index is 8.70. The Kier molecular flexibility index (Phi) is 1.84. The Morgan fingerprint density at radius 3 is 2.92 bits per heavy atom. The average Bonchev–Trinajstić information content (AvgIpc) is 2.03. The minimum atomic E-state index is 0.410. The van der Waals surface area contributed by atoms with Crippen LogP contribution in [0.2, 0.25) is 0 Å². The van der Waals surface area contributed by atoms with Crippen LogP contribution < -0.4 is 0 Å². The van der Waals surface area contributed by atoms with E-state index in [0.29, 0.717) is 5.41 Å². The van der Waals surface area contributed by atoms with E-state index in [2.05, 4.69) is 17.9 Å². The summed E-state index contributed by atoms with van der Waals surface area (Å²) in [7, 11) is 0. The Morgan fingerprint density at radius 2 is 2.33 bits per heavy atom. The van der Waals surface area contributed by atoms with E-state index in [-0.39, 0.29) is 0 Å². The van der Waals surface area contributed by atoms with Gasteiger partial charge in [-0.3, -0.25) is 0 Å². The van der Waals surface area contributed by atoms with Crippen molar-refractivity contribution in [2.24, 2.45) is 11.3 Å². The maximum absolute atomic E-state index is 8.70. The molecule has 0 amide bonds. The first-order valence-electron chi connectivity index (χ1n) is 4.87. The van der Waals surface area contributed by atoms with Crippen molar-refractivity contribution < 1.29 is 0 Å². The lowest BCUT2D eigenvalue weighted by molar-refractivity contribution is -0.0553. The van der Waals surface area contributed by atoms with Crippen LogP contribution in [0.5, 0.6) is 0 Å². The highest BCUT2D eigenvalue weighted by molar-refractivity contribution is 5.04. The van der Waals surface area contributed by atoms with Gasteiger partial charge in [-0.15, -0.1) is 0 Å². The van der Waals surface area contributed by atoms with Crippen molar-refractivity contribution in [1.82, 2.24) is 4.90 Å². The number of fused-ring (bicyclic) bond motifs is 2. The molecular formula is C10H16N2. The highest BCUT2D eigenvalue weighted by atomic mass is 15.2. The van der Waals surface area contributed by atoms with Crippen molar-refractivity contribution in [3.8, 4) is 6.07 Å². The summed E-state index contributed by atoms with van der Waals surface area (Å²) in [5, 5.41) is 8.70. The zero-order valence-corrected chi connectivity index (χ0v) is 7.71. The van der Waals surface area contributed by atoms with E-state index in [1.165, 1.54) is 25.9 Å². The number of nitriles is 1. The molecule has 0 atom stereocenters. The largest absolute Gasteiger partial charge is 0.303 e. The maximum Gasteiger partial charge on any atom is 0.0628 e. The topological polar surface area (TPSA) is 27.0 Å². The van der Waals surface area contributed by atoms with Crippen molar-refractivity contribution in [3.05, 3.63) is 0 Å². The molecular weight excluding hydrogens is 148 g/mol. The molecule has 3 rings (SSSR count). The summed E-state index contributed by atoms with van der Waals surface area (Å²) in [6.07, 6.45) is 3.41. The normalized spacial score (nSPS) is 40.2. The fourth-order valence-corrected chi connectivity index (χ4v) is 2.94. The van der Waals surface area contributed by atoms with Crippen LogP contribution in [0, 0.1) is 22.7 Å². The summed E-state index contributed by atoms with van der Waals surface area (Å²) in [5.41, 5.74) is 0.410. The van der Waals surface area contributed by atoms with Gasteiger partial charge in [0.25, 0.3) is 0 Å². The third kappa shape index (κ3) is 1.13. The van der Waals surface area contributed by atoms with E-state index in [1.807, 2.05) is 0 Å². The second-order valence-corrected chi connectivity index (χ2v) is 4.44. The minimum Gasteiger partial charge on any atom is -0.303 e. The Balaban J connectivity index is 1.99. The van der Waals surface area contributed by atoms with Crippen LogP contribution >= 0.6 is 0 Å². The Labute approximate surface area is 74.2 Å². The number of hydrogen-bond donors (Lipinski definition) is 0. The summed E-state index contributed by atoms with van der Waals surface area (Å²) < 4.78 is 0. The lowest BCUT2D eigenvalue weighted by Crippen LogP contribution is -2.56. The van der Waals surface area contributed by atoms with Gasteiger partial charge in [0.15, 0.2) is 0 Å². The zero-order valence-electron chi connectivity index (χ0n) is 7.71. The van der Waals surface area contributed by atoms with Gasteiger partial charge >= 0.3 is 0 Å². The number of rotatable bonds is 2. The van der Waals surface area contributed by atoms with Crippen LogP contribution in [0.3, 0.4) is 0 Å². The summed E-state index contributed by atoms with van der Waals surface area (Å²) in [4.78, 5) is 2.50. The molecule has 2 bridgehead atoms. The van der Waals surface area contributed by atoms with E-state index in [4.69, 9.17) is 5.26 Å². The molecule has 0 spiro atoms. The predicted octanol–water partition coefficient (Wildman–Crippen LogP) is 1.63. The Morgan fingerprint density at radius 1 is 1.58 bits per heavy atom. The van der Waals surface area contributed by atoms with Crippen LogP contribution in [0.1, 0.15) is 26.2 Å². The molecule has 0 unspecified atom stereocenters. The first kappa shape index (κ1) is 8.07. The van der Waals surface area contributed by atoms with E-state index >= 15 is 0 Å². The van der Waals surface area contributed by atoms with Crippen molar-refractivity contribution >= 4 is 0 Å². The SMILES string of the molecule is CCN1CC2CC(CC#N)(C2)C1. The van der Waals surface area contributed by atoms with Gasteiger partial charge in [-0.05, 0) is 30.7 Å². The molecule has 3 fully saturated rings. The second-order valence-electron chi connectivity index (χ2n) is 4.44. The first-order chi connectivity index (χ1) is 5.78. The van der Waals surface area contributed by atoms with Crippen molar-refractivity contribution in [2.75, 3.05) is 19.6 Å². The minimum absolute atomic E-state index is 0.410. The molecule has 2 nitrogen and oxygen atoms in total. The molecule has 0 aromatic heterocycles. The molecule has 66 valence electrons. The van der Waals surface area contributed by atoms with Gasteiger partial charge in [0, 0.05) is 19.5 Å². The van der Waals surface area contributed by atoms with Crippen molar-refractivity contribution in [1.29, 1.82) is 5.26 Å². The van der Waals surface area contributed by atoms with Crippen molar-refractivity contribution in [3.63, 3.8) is 0 Å². The standard InChI is InChI=1S/C10H16N2/c1-2-12-7-9-5-10(6-9,8-12)3-4-11/h9H,2-3,5-8H2,1H3. The van der Waals surface area contributed by atoms with Crippen molar-refractivity contribution in [2.45, 2.75) is 26.2 Å². The Hall–Kier alpha value is -0.550. The number of nitrogens with zero attached hydrogens (tertiary/aromatic N) is 2. The van der Waals surface area contributed by atoms with E-state index in [1.54, 1.807) is 0 Å². The summed E-state index contributed by atoms with van der Waals surface area (Å²) in [6.45, 7) is 5.83. The lowest BCUT2D eigenvalue weighted by Gasteiger charge is -2.55. The molecule has 0 aromatic rings. The number of piperidine rings is 2. The van der Waals surface area contributed by atoms with Gasteiger partial charge in [-0.1, -0.05) is 6.92 Å². The van der Waals surface area contributed by atoms with Gasteiger partial charge in [-0.25, -0.2) is 0 Å².